The van der Waals surface area contributed by atoms with Crippen molar-refractivity contribution in [3.63, 3.8) is 0 Å². The molecule has 0 saturated heterocycles. The van der Waals surface area contributed by atoms with Crippen molar-refractivity contribution in [1.29, 1.82) is 0 Å². The van der Waals surface area contributed by atoms with Gasteiger partial charge in [0.25, 0.3) is 0 Å². The second kappa shape index (κ2) is 5.63. The molecule has 1 aliphatic rings. The van der Waals surface area contributed by atoms with Crippen LogP contribution in [0, 0.1) is 0 Å². The number of likely N-dealkylation sites (N-methyl/N-ethyl adjacent to an activating group) is 2. The summed E-state index contributed by atoms with van der Waals surface area (Å²) < 4.78 is 0. The summed E-state index contributed by atoms with van der Waals surface area (Å²) in [5.74, 6) is -0.0311. The lowest BCUT2D eigenvalue weighted by atomic mass is 10.1. The predicted molar refractivity (Wildman–Crippen MR) is 80.0 cm³/mol. The second-order valence-electron chi connectivity index (χ2n) is 4.54. The summed E-state index contributed by atoms with van der Waals surface area (Å²) >= 11 is 6.31. The molecule has 0 radical (unpaired) electrons. The van der Waals surface area contributed by atoms with E-state index in [-0.39, 0.29) is 11.9 Å². The highest BCUT2D eigenvalue weighted by Gasteiger charge is 2.31. The number of carbonyl (C=O) groups excluding carboxylic acids is 1. The average Bonchev–Trinajstić information content (AvgIpc) is 2.66. The summed E-state index contributed by atoms with van der Waals surface area (Å²) in [6.07, 6.45) is 1.81. The van der Waals surface area contributed by atoms with Crippen molar-refractivity contribution in [2.45, 2.75) is 13.0 Å². The number of carbonyl (C=O) groups is 1. The number of benzene rings is 1. The summed E-state index contributed by atoms with van der Waals surface area (Å²) in [6, 6.07) is 3.46. The van der Waals surface area contributed by atoms with Crippen LogP contribution in [-0.2, 0) is 4.79 Å². The highest BCUT2D eigenvalue weighted by Crippen LogP contribution is 2.38. The molecule has 102 valence electrons. The fourth-order valence-corrected chi connectivity index (χ4v) is 2.58. The molecule has 19 heavy (non-hydrogen) atoms. The van der Waals surface area contributed by atoms with Gasteiger partial charge in [-0.05, 0) is 18.7 Å². The number of rotatable bonds is 5. The number of nitrogens with zero attached hydrogens (tertiary/aromatic N) is 1. The zero-order valence-electron chi connectivity index (χ0n) is 11.2. The van der Waals surface area contributed by atoms with E-state index in [4.69, 9.17) is 11.6 Å². The first kappa shape index (κ1) is 13.9. The number of nitrogens with one attached hydrogen (secondary N) is 2. The van der Waals surface area contributed by atoms with Gasteiger partial charge >= 0.3 is 0 Å². The lowest BCUT2D eigenvalue weighted by molar-refractivity contribution is -0.117. The van der Waals surface area contributed by atoms with Gasteiger partial charge in [0, 0.05) is 24.8 Å². The molecule has 0 bridgehead atoms. The number of hydrogen-bond acceptors (Lipinski definition) is 3. The third-order valence-corrected chi connectivity index (χ3v) is 3.48. The van der Waals surface area contributed by atoms with Gasteiger partial charge in [0.1, 0.15) is 6.04 Å². The molecule has 1 heterocycles. The lowest BCUT2D eigenvalue weighted by Gasteiger charge is -2.20. The Labute approximate surface area is 118 Å². The first-order valence-corrected chi connectivity index (χ1v) is 6.66. The Morgan fingerprint density at radius 1 is 1.58 bits per heavy atom. The van der Waals surface area contributed by atoms with Crippen LogP contribution in [0.1, 0.15) is 18.5 Å². The third kappa shape index (κ3) is 2.60. The van der Waals surface area contributed by atoms with Gasteiger partial charge in [-0.1, -0.05) is 24.6 Å². The molecule has 1 unspecified atom stereocenters. The molecule has 4 nitrogen and oxygen atoms in total. The molecule has 5 heteroatoms. The zero-order valence-corrected chi connectivity index (χ0v) is 11.9. The van der Waals surface area contributed by atoms with Crippen molar-refractivity contribution >= 4 is 28.9 Å². The van der Waals surface area contributed by atoms with Crippen molar-refractivity contribution < 1.29 is 4.79 Å². The maximum absolute atomic E-state index is 11.9. The van der Waals surface area contributed by atoms with Crippen LogP contribution in [0.3, 0.4) is 0 Å². The van der Waals surface area contributed by atoms with Gasteiger partial charge in [0.05, 0.1) is 10.7 Å². The van der Waals surface area contributed by atoms with Crippen molar-refractivity contribution in [3.05, 3.63) is 35.4 Å². The Morgan fingerprint density at radius 2 is 2.32 bits per heavy atom. The van der Waals surface area contributed by atoms with Crippen LogP contribution < -0.4 is 15.5 Å². The number of amides is 1. The lowest BCUT2D eigenvalue weighted by Crippen LogP contribution is -2.27. The van der Waals surface area contributed by atoms with Crippen LogP contribution in [0.5, 0.6) is 0 Å². The quantitative estimate of drug-likeness (QED) is 0.814. The molecule has 2 N–H and O–H groups in total. The van der Waals surface area contributed by atoms with E-state index >= 15 is 0 Å². The minimum Gasteiger partial charge on any atom is -0.370 e. The number of halogens is 1. The highest BCUT2D eigenvalue weighted by molar-refractivity contribution is 6.33. The summed E-state index contributed by atoms with van der Waals surface area (Å²) in [6.45, 7) is 7.11. The van der Waals surface area contributed by atoms with Crippen LogP contribution in [0.15, 0.2) is 24.8 Å². The monoisotopic (exact) mass is 279 g/mol. The fourth-order valence-electron chi connectivity index (χ4n) is 2.26. The van der Waals surface area contributed by atoms with Gasteiger partial charge in [-0.2, -0.15) is 0 Å². The largest absolute Gasteiger partial charge is 0.370 e. The van der Waals surface area contributed by atoms with Gasteiger partial charge in [-0.3, -0.25) is 4.79 Å². The molecular weight excluding hydrogens is 262 g/mol. The predicted octanol–water partition coefficient (Wildman–Crippen LogP) is 2.56. The molecule has 1 amide bonds. The van der Waals surface area contributed by atoms with Crippen LogP contribution in [-0.4, -0.2) is 26.0 Å². The van der Waals surface area contributed by atoms with Gasteiger partial charge in [-0.15, -0.1) is 6.58 Å². The van der Waals surface area contributed by atoms with Crippen molar-refractivity contribution in [1.82, 2.24) is 5.32 Å². The van der Waals surface area contributed by atoms with Crippen LogP contribution in [0.25, 0.3) is 0 Å². The molecule has 0 fully saturated rings. The molecule has 0 aliphatic carbocycles. The Bertz CT molecular complexity index is 516. The maximum Gasteiger partial charge on any atom is 0.246 e. The van der Waals surface area contributed by atoms with Crippen molar-refractivity contribution in [3.8, 4) is 0 Å². The molecule has 1 atom stereocenters. The van der Waals surface area contributed by atoms with E-state index in [0.29, 0.717) is 11.6 Å². The standard InChI is InChI=1S/C14H18ClN3O/c1-4-6-18(3)12-8-11-9(7-10(12)15)13(16-5-2)14(19)17-11/h4,7-8,13,16H,1,5-6H2,2-3H3,(H,17,19). The van der Waals surface area contributed by atoms with Gasteiger partial charge in [0.15, 0.2) is 0 Å². The molecule has 2 rings (SSSR count). The van der Waals surface area contributed by atoms with E-state index in [2.05, 4.69) is 17.2 Å². The summed E-state index contributed by atoms with van der Waals surface area (Å²) in [5.41, 5.74) is 2.62. The van der Waals surface area contributed by atoms with Crippen molar-refractivity contribution in [2.24, 2.45) is 0 Å². The summed E-state index contributed by atoms with van der Waals surface area (Å²) in [4.78, 5) is 13.9. The summed E-state index contributed by atoms with van der Waals surface area (Å²) in [5, 5.41) is 6.68. The average molecular weight is 280 g/mol. The molecule has 0 spiro atoms. The SMILES string of the molecule is C=CCN(C)c1cc2c(cc1Cl)C(NCC)C(=O)N2. The van der Waals surface area contributed by atoms with Crippen LogP contribution in [0.2, 0.25) is 5.02 Å². The Kier molecular flexibility index (Phi) is 4.12. The maximum atomic E-state index is 11.9. The van der Waals surface area contributed by atoms with Gasteiger partial charge in [-0.25, -0.2) is 0 Å². The number of fused-ring (bicyclic) bond motifs is 1. The molecule has 0 saturated carbocycles. The van der Waals surface area contributed by atoms with Crippen LogP contribution in [0.4, 0.5) is 11.4 Å². The normalized spacial score (nSPS) is 17.0. The minimum atomic E-state index is -0.309. The van der Waals surface area contributed by atoms with Crippen LogP contribution >= 0.6 is 11.6 Å². The van der Waals surface area contributed by atoms with E-state index in [1.807, 2.05) is 37.1 Å². The topological polar surface area (TPSA) is 44.4 Å². The molecule has 1 aliphatic heterocycles. The van der Waals surface area contributed by atoms with Gasteiger partial charge < -0.3 is 15.5 Å². The highest BCUT2D eigenvalue weighted by atomic mass is 35.5. The van der Waals surface area contributed by atoms with E-state index in [1.165, 1.54) is 0 Å². The third-order valence-electron chi connectivity index (χ3n) is 3.17. The Hall–Kier alpha value is -1.52. The molecule has 0 aromatic heterocycles. The van der Waals surface area contributed by atoms with E-state index in [1.54, 1.807) is 0 Å². The van der Waals surface area contributed by atoms with E-state index in [9.17, 15) is 4.79 Å². The van der Waals surface area contributed by atoms with E-state index < -0.39 is 0 Å². The smallest absolute Gasteiger partial charge is 0.246 e. The van der Waals surface area contributed by atoms with Gasteiger partial charge in [0.2, 0.25) is 5.91 Å². The second-order valence-corrected chi connectivity index (χ2v) is 4.95. The fraction of sp³-hybridized carbons (Fsp3) is 0.357. The Balaban J connectivity index is 2.38. The minimum absolute atomic E-state index is 0.0311. The molecule has 1 aromatic carbocycles. The first-order valence-electron chi connectivity index (χ1n) is 6.28. The van der Waals surface area contributed by atoms with E-state index in [0.717, 1.165) is 23.5 Å². The Morgan fingerprint density at radius 3 is 2.95 bits per heavy atom. The first-order chi connectivity index (χ1) is 9.08. The number of hydrogen-bond donors (Lipinski definition) is 2. The molecule has 1 aromatic rings. The van der Waals surface area contributed by atoms with Crippen molar-refractivity contribution in [2.75, 3.05) is 30.4 Å². The summed E-state index contributed by atoms with van der Waals surface area (Å²) in [7, 11) is 1.94. The number of anilines is 2. The molecular formula is C14H18ClN3O. The zero-order chi connectivity index (χ0) is 14.0.